The highest BCUT2D eigenvalue weighted by atomic mass is 16.5. The topological polar surface area (TPSA) is 24.5 Å². The molecule has 0 aromatic heterocycles. The molecule has 0 radical (unpaired) electrons. The minimum absolute atomic E-state index is 0.635. The van der Waals surface area contributed by atoms with Gasteiger partial charge in [-0.3, -0.25) is 4.90 Å². The van der Waals surface area contributed by atoms with E-state index in [1.807, 2.05) is 0 Å². The normalized spacial score (nSPS) is 27.0. The Morgan fingerprint density at radius 2 is 2.00 bits per heavy atom. The third-order valence-corrected chi connectivity index (χ3v) is 3.69. The summed E-state index contributed by atoms with van der Waals surface area (Å²) in [5.41, 5.74) is 0. The third kappa shape index (κ3) is 4.94. The summed E-state index contributed by atoms with van der Waals surface area (Å²) in [7, 11) is 1.79. The van der Waals surface area contributed by atoms with Gasteiger partial charge < -0.3 is 10.1 Å². The minimum Gasteiger partial charge on any atom is -0.383 e. The number of methoxy groups -OCH3 is 1. The van der Waals surface area contributed by atoms with E-state index in [9.17, 15) is 0 Å². The first-order valence-electron chi connectivity index (χ1n) is 7.01. The number of piperazine rings is 1. The molecule has 0 saturated carbocycles. The van der Waals surface area contributed by atoms with E-state index >= 15 is 0 Å². The zero-order chi connectivity index (χ0) is 12.8. The summed E-state index contributed by atoms with van der Waals surface area (Å²) in [6, 6.07) is 1.32. The van der Waals surface area contributed by atoms with Crippen molar-refractivity contribution in [2.75, 3.05) is 33.4 Å². The molecule has 0 aromatic rings. The molecule has 0 spiro atoms. The van der Waals surface area contributed by atoms with Gasteiger partial charge in [0, 0.05) is 38.8 Å². The van der Waals surface area contributed by atoms with Gasteiger partial charge in [-0.15, -0.1) is 0 Å². The Hall–Kier alpha value is -0.120. The van der Waals surface area contributed by atoms with E-state index in [1.165, 1.54) is 13.0 Å². The Bertz CT molecular complexity index is 206. The van der Waals surface area contributed by atoms with Crippen LogP contribution in [-0.4, -0.2) is 50.3 Å². The fourth-order valence-electron chi connectivity index (χ4n) is 2.59. The van der Waals surface area contributed by atoms with E-state index in [2.05, 4.69) is 37.9 Å². The summed E-state index contributed by atoms with van der Waals surface area (Å²) in [6.45, 7) is 13.4. The second kappa shape index (κ2) is 7.34. The van der Waals surface area contributed by atoms with Gasteiger partial charge >= 0.3 is 0 Å². The maximum absolute atomic E-state index is 5.23. The fourth-order valence-corrected chi connectivity index (χ4v) is 2.59. The van der Waals surface area contributed by atoms with Gasteiger partial charge in [0.25, 0.3) is 0 Å². The van der Waals surface area contributed by atoms with Crippen molar-refractivity contribution in [2.45, 2.75) is 46.2 Å². The summed E-state index contributed by atoms with van der Waals surface area (Å²) in [5.74, 6) is 1.47. The van der Waals surface area contributed by atoms with E-state index in [0.717, 1.165) is 25.6 Å². The lowest BCUT2D eigenvalue weighted by molar-refractivity contribution is 0.0678. The second-order valence-electron chi connectivity index (χ2n) is 6.03. The van der Waals surface area contributed by atoms with Gasteiger partial charge in [-0.1, -0.05) is 27.7 Å². The van der Waals surface area contributed by atoms with Gasteiger partial charge in [0.05, 0.1) is 6.61 Å². The first kappa shape index (κ1) is 14.9. The molecule has 1 saturated heterocycles. The van der Waals surface area contributed by atoms with Crippen molar-refractivity contribution in [3.05, 3.63) is 0 Å². The van der Waals surface area contributed by atoms with Gasteiger partial charge in [-0.2, -0.15) is 0 Å². The summed E-state index contributed by atoms with van der Waals surface area (Å²) in [6.07, 6.45) is 1.28. The quantitative estimate of drug-likeness (QED) is 0.771. The molecule has 1 fully saturated rings. The van der Waals surface area contributed by atoms with Gasteiger partial charge in [0.1, 0.15) is 0 Å². The van der Waals surface area contributed by atoms with Crippen molar-refractivity contribution in [3.63, 3.8) is 0 Å². The standard InChI is InChI=1S/C14H30N2O/c1-11(2)8-13-9-15-14(12(3)4)10-16(13)6-7-17-5/h11-15H,6-10H2,1-5H3. The highest BCUT2D eigenvalue weighted by Gasteiger charge is 2.29. The Balaban J connectivity index is 2.52. The molecule has 1 aliphatic heterocycles. The lowest BCUT2D eigenvalue weighted by Crippen LogP contribution is -2.58. The summed E-state index contributed by atoms with van der Waals surface area (Å²) in [4.78, 5) is 2.62. The van der Waals surface area contributed by atoms with Crippen LogP contribution in [0.2, 0.25) is 0 Å². The van der Waals surface area contributed by atoms with Crippen molar-refractivity contribution >= 4 is 0 Å². The van der Waals surface area contributed by atoms with Crippen LogP contribution in [-0.2, 0) is 4.74 Å². The van der Waals surface area contributed by atoms with E-state index in [4.69, 9.17) is 4.74 Å². The molecular formula is C14H30N2O. The van der Waals surface area contributed by atoms with Gasteiger partial charge in [-0.25, -0.2) is 0 Å². The molecule has 2 atom stereocenters. The highest BCUT2D eigenvalue weighted by molar-refractivity contribution is 4.87. The Morgan fingerprint density at radius 1 is 1.29 bits per heavy atom. The molecule has 2 unspecified atom stereocenters. The second-order valence-corrected chi connectivity index (χ2v) is 6.03. The smallest absolute Gasteiger partial charge is 0.0589 e. The molecule has 102 valence electrons. The first-order chi connectivity index (χ1) is 8.04. The van der Waals surface area contributed by atoms with Crippen molar-refractivity contribution in [1.82, 2.24) is 10.2 Å². The maximum atomic E-state index is 5.23. The average molecular weight is 242 g/mol. The molecule has 0 aromatic carbocycles. The predicted octanol–water partition coefficient (Wildman–Crippen LogP) is 1.98. The monoisotopic (exact) mass is 242 g/mol. The molecule has 0 bridgehead atoms. The van der Waals surface area contributed by atoms with Crippen molar-refractivity contribution in [3.8, 4) is 0 Å². The largest absolute Gasteiger partial charge is 0.383 e. The molecule has 0 aliphatic carbocycles. The first-order valence-corrected chi connectivity index (χ1v) is 7.01. The molecule has 1 heterocycles. The molecule has 1 rings (SSSR count). The predicted molar refractivity (Wildman–Crippen MR) is 73.3 cm³/mol. The summed E-state index contributed by atoms with van der Waals surface area (Å²) in [5, 5.41) is 3.70. The Morgan fingerprint density at radius 3 is 2.53 bits per heavy atom. The molecule has 1 N–H and O–H groups in total. The lowest BCUT2D eigenvalue weighted by atomic mass is 9.95. The average Bonchev–Trinajstić information content (AvgIpc) is 2.26. The Labute approximate surface area is 107 Å². The SMILES string of the molecule is COCCN1CC(C(C)C)NCC1CC(C)C. The number of nitrogens with zero attached hydrogens (tertiary/aromatic N) is 1. The van der Waals surface area contributed by atoms with Crippen LogP contribution in [0.1, 0.15) is 34.1 Å². The third-order valence-electron chi connectivity index (χ3n) is 3.69. The van der Waals surface area contributed by atoms with Crippen LogP contribution in [0.4, 0.5) is 0 Å². The number of nitrogens with one attached hydrogen (secondary N) is 1. The van der Waals surface area contributed by atoms with E-state index in [1.54, 1.807) is 7.11 Å². The molecular weight excluding hydrogens is 212 g/mol. The molecule has 1 aliphatic rings. The van der Waals surface area contributed by atoms with Crippen LogP contribution in [0.5, 0.6) is 0 Å². The van der Waals surface area contributed by atoms with Crippen LogP contribution in [0.15, 0.2) is 0 Å². The molecule has 0 amide bonds. The van der Waals surface area contributed by atoms with Crippen LogP contribution in [0.25, 0.3) is 0 Å². The lowest BCUT2D eigenvalue weighted by Gasteiger charge is -2.42. The van der Waals surface area contributed by atoms with Crippen LogP contribution in [0.3, 0.4) is 0 Å². The minimum atomic E-state index is 0.635. The summed E-state index contributed by atoms with van der Waals surface area (Å²) < 4.78 is 5.23. The van der Waals surface area contributed by atoms with E-state index in [0.29, 0.717) is 18.0 Å². The van der Waals surface area contributed by atoms with E-state index in [-0.39, 0.29) is 0 Å². The molecule has 17 heavy (non-hydrogen) atoms. The van der Waals surface area contributed by atoms with Crippen molar-refractivity contribution in [2.24, 2.45) is 11.8 Å². The van der Waals surface area contributed by atoms with Crippen molar-refractivity contribution in [1.29, 1.82) is 0 Å². The van der Waals surface area contributed by atoms with Crippen LogP contribution < -0.4 is 5.32 Å². The van der Waals surface area contributed by atoms with Crippen LogP contribution >= 0.6 is 0 Å². The van der Waals surface area contributed by atoms with E-state index < -0.39 is 0 Å². The fraction of sp³-hybridized carbons (Fsp3) is 1.00. The van der Waals surface area contributed by atoms with Gasteiger partial charge in [0.2, 0.25) is 0 Å². The zero-order valence-electron chi connectivity index (χ0n) is 12.2. The zero-order valence-corrected chi connectivity index (χ0v) is 12.2. The number of hydrogen-bond acceptors (Lipinski definition) is 3. The number of rotatable bonds is 6. The Kier molecular flexibility index (Phi) is 6.45. The highest BCUT2D eigenvalue weighted by Crippen LogP contribution is 2.18. The number of ether oxygens (including phenoxy) is 1. The van der Waals surface area contributed by atoms with Crippen molar-refractivity contribution < 1.29 is 4.74 Å². The summed E-state index contributed by atoms with van der Waals surface area (Å²) >= 11 is 0. The van der Waals surface area contributed by atoms with Gasteiger partial charge in [0.15, 0.2) is 0 Å². The maximum Gasteiger partial charge on any atom is 0.0589 e. The molecule has 3 nitrogen and oxygen atoms in total. The van der Waals surface area contributed by atoms with Crippen LogP contribution in [0, 0.1) is 11.8 Å². The number of hydrogen-bond donors (Lipinski definition) is 1. The molecule has 3 heteroatoms. The van der Waals surface area contributed by atoms with Gasteiger partial charge in [-0.05, 0) is 18.3 Å².